The van der Waals surface area contributed by atoms with Gasteiger partial charge in [-0.3, -0.25) is 4.21 Å². The van der Waals surface area contributed by atoms with Gasteiger partial charge in [0.15, 0.2) is 5.44 Å². The maximum atomic E-state index is 13.1. The maximum absolute atomic E-state index is 13.1. The first-order valence-electron chi connectivity index (χ1n) is 11.2. The molecule has 0 bridgehead atoms. The average molecular weight is 465 g/mol. The fraction of sp³-hybridized carbons (Fsp3) is 0.333. The molecule has 3 aromatic carbocycles. The largest absolute Gasteiger partial charge is 0.402 e. The summed E-state index contributed by atoms with van der Waals surface area (Å²) in [4.78, 5) is 0.806. The lowest BCUT2D eigenvalue weighted by atomic mass is 10.2. The van der Waals surface area contributed by atoms with Crippen LogP contribution >= 0.6 is 0 Å². The molecule has 1 heterocycles. The Labute approximate surface area is 195 Å². The van der Waals surface area contributed by atoms with Gasteiger partial charge in [0.25, 0.3) is 8.32 Å². The quantitative estimate of drug-likeness (QED) is 0.373. The lowest BCUT2D eigenvalue weighted by molar-refractivity contribution is 0.164. The Hall–Kier alpha value is -2.05. The molecule has 3 aromatic rings. The van der Waals surface area contributed by atoms with Gasteiger partial charge in [0.2, 0.25) is 0 Å². The lowest BCUT2D eigenvalue weighted by Gasteiger charge is -2.44. The molecule has 32 heavy (non-hydrogen) atoms. The first-order valence-corrected chi connectivity index (χ1v) is 14.3. The van der Waals surface area contributed by atoms with Gasteiger partial charge >= 0.3 is 0 Å². The zero-order valence-corrected chi connectivity index (χ0v) is 21.3. The van der Waals surface area contributed by atoms with Crippen LogP contribution in [0.15, 0.2) is 89.8 Å². The summed E-state index contributed by atoms with van der Waals surface area (Å²) < 4.78 is 26.1. The number of benzene rings is 3. The van der Waals surface area contributed by atoms with E-state index in [0.717, 1.165) is 10.5 Å². The van der Waals surface area contributed by atoms with Crippen LogP contribution in [-0.4, -0.2) is 30.2 Å². The highest BCUT2D eigenvalue weighted by Crippen LogP contribution is 2.41. The highest BCUT2D eigenvalue weighted by Gasteiger charge is 2.55. The molecule has 168 valence electrons. The van der Waals surface area contributed by atoms with Gasteiger partial charge in [-0.05, 0) is 41.4 Å². The molecule has 1 saturated heterocycles. The summed E-state index contributed by atoms with van der Waals surface area (Å²) in [6, 6.07) is 29.0. The van der Waals surface area contributed by atoms with Gasteiger partial charge in [0.05, 0.1) is 16.9 Å². The number of hydrogen-bond donors (Lipinski definition) is 0. The van der Waals surface area contributed by atoms with Crippen LogP contribution < -0.4 is 10.4 Å². The summed E-state index contributed by atoms with van der Waals surface area (Å²) in [7, 11) is -3.87. The van der Waals surface area contributed by atoms with Crippen LogP contribution in [-0.2, 0) is 20.0 Å². The minimum absolute atomic E-state index is 0.107. The summed E-state index contributed by atoms with van der Waals surface area (Å²) >= 11 is 0. The van der Waals surface area contributed by atoms with Gasteiger partial charge in [-0.2, -0.15) is 0 Å². The highest BCUT2D eigenvalue weighted by molar-refractivity contribution is 7.85. The van der Waals surface area contributed by atoms with Crippen molar-refractivity contribution < 1.29 is 13.4 Å². The van der Waals surface area contributed by atoms with E-state index < -0.39 is 19.1 Å². The number of rotatable bonds is 7. The topological polar surface area (TPSA) is 38.8 Å². The summed E-state index contributed by atoms with van der Waals surface area (Å²) in [5.74, 6) is 0. The summed E-state index contributed by atoms with van der Waals surface area (Å²) in [5.41, 5.74) is 0.827. The van der Waals surface area contributed by atoms with Gasteiger partial charge in [0.1, 0.15) is 6.10 Å². The van der Waals surface area contributed by atoms with E-state index in [-0.39, 0.29) is 22.7 Å². The predicted molar refractivity (Wildman–Crippen MR) is 134 cm³/mol. The van der Waals surface area contributed by atoms with E-state index in [1.54, 1.807) is 0 Å². The van der Waals surface area contributed by atoms with E-state index in [0.29, 0.717) is 0 Å². The zero-order valence-electron chi connectivity index (χ0n) is 19.4. The van der Waals surface area contributed by atoms with E-state index in [1.165, 1.54) is 10.4 Å². The Bertz CT molecular complexity index is 1020. The van der Waals surface area contributed by atoms with Crippen molar-refractivity contribution in [3.63, 3.8) is 0 Å². The van der Waals surface area contributed by atoms with E-state index in [9.17, 15) is 4.21 Å². The van der Waals surface area contributed by atoms with Crippen molar-refractivity contribution in [2.24, 2.45) is 0 Å². The second kappa shape index (κ2) is 9.06. The third-order valence-corrected chi connectivity index (χ3v) is 12.9. The summed E-state index contributed by atoms with van der Waals surface area (Å²) in [6.45, 7) is 10.9. The predicted octanol–water partition coefficient (Wildman–Crippen LogP) is 4.79. The lowest BCUT2D eigenvalue weighted by Crippen LogP contribution is -2.68. The van der Waals surface area contributed by atoms with E-state index in [1.807, 2.05) is 43.3 Å². The first kappa shape index (κ1) is 23.1. The molecule has 5 heteroatoms. The number of epoxide rings is 1. The standard InChI is InChI=1S/C27H32O3SSi/c1-20-16-18-22(19-17-20)31(28)26-25(29-26)21(2)30-32(27(3,4)5,23-12-8-6-9-13-23)24-14-10-7-11-15-24/h6-19,21,25-26H,1-5H3/t21-,25+,26+,31-/m0/s1. The van der Waals surface area contributed by atoms with Gasteiger partial charge < -0.3 is 9.16 Å². The fourth-order valence-electron chi connectivity index (χ4n) is 4.46. The summed E-state index contributed by atoms with van der Waals surface area (Å²) in [5, 5.41) is 2.37. The number of aryl methyl sites for hydroxylation is 1. The second-order valence-electron chi connectivity index (χ2n) is 9.57. The normalized spacial score (nSPS) is 20.5. The highest BCUT2D eigenvalue weighted by atomic mass is 32.2. The molecule has 0 radical (unpaired) electrons. The van der Waals surface area contributed by atoms with Crippen molar-refractivity contribution in [3.05, 3.63) is 90.5 Å². The molecule has 0 spiro atoms. The molecular formula is C27H32O3SSi. The number of ether oxygens (including phenoxy) is 1. The minimum Gasteiger partial charge on any atom is -0.402 e. The van der Waals surface area contributed by atoms with Gasteiger partial charge in [-0.25, -0.2) is 0 Å². The third kappa shape index (κ3) is 4.40. The molecule has 0 amide bonds. The van der Waals surface area contributed by atoms with Crippen molar-refractivity contribution in [1.82, 2.24) is 0 Å². The molecule has 1 aliphatic heterocycles. The molecule has 0 aliphatic carbocycles. The van der Waals surface area contributed by atoms with Crippen LogP contribution in [0.4, 0.5) is 0 Å². The average Bonchev–Trinajstić information content (AvgIpc) is 3.59. The monoisotopic (exact) mass is 464 g/mol. The second-order valence-corrected chi connectivity index (χ2v) is 15.3. The Kier molecular flexibility index (Phi) is 6.55. The Morgan fingerprint density at radius 2 is 1.38 bits per heavy atom. The Balaban J connectivity index is 1.65. The molecule has 4 atom stereocenters. The third-order valence-electron chi connectivity index (χ3n) is 6.19. The van der Waals surface area contributed by atoms with Crippen LogP contribution in [0.1, 0.15) is 33.3 Å². The van der Waals surface area contributed by atoms with Gasteiger partial charge in [0, 0.05) is 4.90 Å². The van der Waals surface area contributed by atoms with E-state index in [4.69, 9.17) is 9.16 Å². The molecule has 0 unspecified atom stereocenters. The SMILES string of the molecule is Cc1ccc([S@](=O)[C@H]2O[C@@H]2[C@H](C)O[Si](c2ccccc2)(c2ccccc2)C(C)(C)C)cc1. The number of hydrogen-bond acceptors (Lipinski definition) is 3. The zero-order chi connectivity index (χ0) is 22.9. The van der Waals surface area contributed by atoms with Crippen LogP contribution in [0.3, 0.4) is 0 Å². The first-order chi connectivity index (χ1) is 15.2. The maximum Gasteiger partial charge on any atom is 0.261 e. The van der Waals surface area contributed by atoms with Crippen molar-refractivity contribution in [2.75, 3.05) is 0 Å². The molecule has 0 saturated carbocycles. The van der Waals surface area contributed by atoms with Crippen LogP contribution in [0, 0.1) is 6.92 Å². The van der Waals surface area contributed by atoms with Gasteiger partial charge in [-0.1, -0.05) is 99.1 Å². The molecule has 1 aliphatic rings. The Morgan fingerprint density at radius 3 is 1.84 bits per heavy atom. The fourth-order valence-corrected chi connectivity index (χ4v) is 10.5. The van der Waals surface area contributed by atoms with E-state index >= 15 is 0 Å². The molecular weight excluding hydrogens is 432 g/mol. The molecule has 0 aromatic heterocycles. The van der Waals surface area contributed by atoms with Crippen molar-refractivity contribution >= 4 is 29.5 Å². The summed E-state index contributed by atoms with van der Waals surface area (Å²) in [6.07, 6.45) is -0.362. The van der Waals surface area contributed by atoms with Crippen LogP contribution in [0.2, 0.25) is 5.04 Å². The molecule has 1 fully saturated rings. The smallest absolute Gasteiger partial charge is 0.261 e. The molecule has 0 N–H and O–H groups in total. The van der Waals surface area contributed by atoms with Crippen LogP contribution in [0.5, 0.6) is 0 Å². The van der Waals surface area contributed by atoms with Crippen molar-refractivity contribution in [3.8, 4) is 0 Å². The minimum atomic E-state index is -2.67. The molecule has 4 rings (SSSR count). The van der Waals surface area contributed by atoms with Crippen LogP contribution in [0.25, 0.3) is 0 Å². The van der Waals surface area contributed by atoms with Crippen molar-refractivity contribution in [2.45, 2.75) is 62.2 Å². The van der Waals surface area contributed by atoms with Crippen molar-refractivity contribution in [1.29, 1.82) is 0 Å². The van der Waals surface area contributed by atoms with Gasteiger partial charge in [-0.15, -0.1) is 0 Å². The van der Waals surface area contributed by atoms with E-state index in [2.05, 4.69) is 76.2 Å². The molecule has 3 nitrogen and oxygen atoms in total. The Morgan fingerprint density at radius 1 is 0.875 bits per heavy atom.